The first-order valence-corrected chi connectivity index (χ1v) is 11.8. The minimum absolute atomic E-state index is 0.139. The number of fused-ring (bicyclic) bond motifs is 2. The molecule has 4 heteroatoms. The lowest BCUT2D eigenvalue weighted by atomic mass is 9.84. The molecule has 0 unspecified atom stereocenters. The van der Waals surface area contributed by atoms with E-state index in [1.165, 1.54) is 0 Å². The van der Waals surface area contributed by atoms with Crippen molar-refractivity contribution < 1.29 is 14.3 Å². The molecular weight excluding hydrogens is 446 g/mol. The highest BCUT2D eigenvalue weighted by atomic mass is 16.5. The average molecular weight is 470 g/mol. The van der Waals surface area contributed by atoms with Crippen molar-refractivity contribution in [2.75, 3.05) is 7.11 Å². The molecule has 0 saturated heterocycles. The van der Waals surface area contributed by atoms with Gasteiger partial charge < -0.3 is 9.30 Å². The van der Waals surface area contributed by atoms with Gasteiger partial charge in [-0.3, -0.25) is 9.59 Å². The van der Waals surface area contributed by atoms with Crippen LogP contribution in [0.15, 0.2) is 103 Å². The molecule has 0 saturated carbocycles. The fourth-order valence-corrected chi connectivity index (χ4v) is 5.01. The summed E-state index contributed by atoms with van der Waals surface area (Å²) >= 11 is 0. The van der Waals surface area contributed by atoms with Crippen molar-refractivity contribution in [3.63, 3.8) is 0 Å². The topological polar surface area (TPSA) is 48.3 Å². The smallest absolute Gasteiger partial charge is 0.211 e. The van der Waals surface area contributed by atoms with Gasteiger partial charge >= 0.3 is 0 Å². The molecule has 0 spiro atoms. The predicted molar refractivity (Wildman–Crippen MR) is 141 cm³/mol. The number of methoxy groups -OCH3 is 1. The number of rotatable bonds is 4. The van der Waals surface area contributed by atoms with E-state index < -0.39 is 0 Å². The number of hydrogen-bond donors (Lipinski definition) is 0. The number of carbonyl (C=O) groups is 2. The predicted octanol–water partition coefficient (Wildman–Crippen LogP) is 6.90. The van der Waals surface area contributed by atoms with Gasteiger partial charge in [-0.1, -0.05) is 84.4 Å². The monoisotopic (exact) mass is 469 g/mol. The fraction of sp³-hybridized carbons (Fsp3) is 0.0625. The molecule has 1 aliphatic carbocycles. The Bertz CT molecular complexity index is 1630. The lowest BCUT2D eigenvalue weighted by Gasteiger charge is -2.18. The number of ether oxygens (including phenoxy) is 1. The van der Waals surface area contributed by atoms with Gasteiger partial charge in [-0.2, -0.15) is 0 Å². The summed E-state index contributed by atoms with van der Waals surface area (Å²) in [5.74, 6) is 0.416. The summed E-state index contributed by atoms with van der Waals surface area (Å²) in [7, 11) is 1.62. The van der Waals surface area contributed by atoms with Crippen molar-refractivity contribution in [3.05, 3.63) is 131 Å². The third kappa shape index (κ3) is 3.30. The maximum absolute atomic E-state index is 14.1. The summed E-state index contributed by atoms with van der Waals surface area (Å²) < 4.78 is 7.32. The molecular formula is C32H23NO3. The maximum atomic E-state index is 14.1. The second kappa shape index (κ2) is 8.51. The molecule has 0 amide bonds. The molecule has 0 radical (unpaired) electrons. The molecule has 174 valence electrons. The van der Waals surface area contributed by atoms with Crippen molar-refractivity contribution in [2.24, 2.45) is 0 Å². The highest BCUT2D eigenvalue weighted by Crippen LogP contribution is 2.45. The molecule has 4 nitrogen and oxygen atoms in total. The first-order valence-electron chi connectivity index (χ1n) is 11.8. The van der Waals surface area contributed by atoms with E-state index in [4.69, 9.17) is 4.74 Å². The van der Waals surface area contributed by atoms with Gasteiger partial charge in [0.1, 0.15) is 11.4 Å². The van der Waals surface area contributed by atoms with E-state index in [-0.39, 0.29) is 11.6 Å². The van der Waals surface area contributed by atoms with Crippen molar-refractivity contribution in [1.82, 2.24) is 4.57 Å². The minimum atomic E-state index is -0.161. The van der Waals surface area contributed by atoms with Crippen LogP contribution < -0.4 is 4.74 Å². The summed E-state index contributed by atoms with van der Waals surface area (Å²) in [4.78, 5) is 28.1. The number of hydrogen-bond acceptors (Lipinski definition) is 3. The normalized spacial score (nSPS) is 12.3. The SMILES string of the molecule is COc1ccc(-n2c3c(c(-c4ccccc4)c2-c2ccc(C)cc2)C(=O)c2ccccc2C3=O)cc1. The Hall–Kier alpha value is -4.70. The van der Waals surface area contributed by atoms with Crippen LogP contribution in [-0.2, 0) is 0 Å². The molecule has 1 aromatic heterocycles. The van der Waals surface area contributed by atoms with Crippen LogP contribution in [0.2, 0.25) is 0 Å². The summed E-state index contributed by atoms with van der Waals surface area (Å²) in [5.41, 5.74) is 6.99. The van der Waals surface area contributed by atoms with E-state index in [1.54, 1.807) is 31.4 Å². The number of aryl methyl sites for hydroxylation is 1. The summed E-state index contributed by atoms with van der Waals surface area (Å²) in [5, 5.41) is 0. The first kappa shape index (κ1) is 21.8. The summed E-state index contributed by atoms with van der Waals surface area (Å²) in [6.45, 7) is 2.04. The maximum Gasteiger partial charge on any atom is 0.211 e. The highest BCUT2D eigenvalue weighted by Gasteiger charge is 2.38. The van der Waals surface area contributed by atoms with Crippen LogP contribution in [0.1, 0.15) is 37.5 Å². The third-order valence-electron chi connectivity index (χ3n) is 6.75. The largest absolute Gasteiger partial charge is 0.497 e. The quantitative estimate of drug-likeness (QED) is 0.282. The zero-order valence-electron chi connectivity index (χ0n) is 20.0. The summed E-state index contributed by atoms with van der Waals surface area (Å²) in [6.07, 6.45) is 0. The van der Waals surface area contributed by atoms with Crippen LogP contribution in [0.3, 0.4) is 0 Å². The van der Waals surface area contributed by atoms with Crippen molar-refractivity contribution >= 4 is 11.6 Å². The third-order valence-corrected chi connectivity index (χ3v) is 6.75. The van der Waals surface area contributed by atoms with Gasteiger partial charge in [-0.15, -0.1) is 0 Å². The molecule has 0 N–H and O–H groups in total. The number of benzene rings is 4. The second-order valence-electron chi connectivity index (χ2n) is 8.92. The van der Waals surface area contributed by atoms with E-state index in [0.29, 0.717) is 28.1 Å². The van der Waals surface area contributed by atoms with Gasteiger partial charge in [0.05, 0.1) is 18.4 Å². The van der Waals surface area contributed by atoms with Crippen molar-refractivity contribution in [2.45, 2.75) is 6.92 Å². The Morgan fingerprint density at radius 1 is 0.583 bits per heavy atom. The number of nitrogens with zero attached hydrogens (tertiary/aromatic N) is 1. The summed E-state index contributed by atoms with van der Waals surface area (Å²) in [6, 6.07) is 32.7. The van der Waals surface area contributed by atoms with Gasteiger partial charge in [-0.25, -0.2) is 0 Å². The van der Waals surface area contributed by atoms with E-state index in [9.17, 15) is 9.59 Å². The fourth-order valence-electron chi connectivity index (χ4n) is 5.01. The van der Waals surface area contributed by atoms with Gasteiger partial charge in [0.15, 0.2) is 5.78 Å². The van der Waals surface area contributed by atoms with E-state index >= 15 is 0 Å². The molecule has 0 fully saturated rings. The highest BCUT2D eigenvalue weighted by molar-refractivity contribution is 6.31. The molecule has 1 heterocycles. The molecule has 36 heavy (non-hydrogen) atoms. The van der Waals surface area contributed by atoms with Crippen LogP contribution in [-0.4, -0.2) is 23.2 Å². The zero-order valence-corrected chi connectivity index (χ0v) is 20.0. The first-order chi connectivity index (χ1) is 17.6. The Morgan fingerprint density at radius 3 is 1.83 bits per heavy atom. The van der Waals surface area contributed by atoms with Crippen LogP contribution in [0.5, 0.6) is 5.75 Å². The standard InChI is InChI=1S/C32H23NO3/c1-20-12-14-22(15-13-20)29-27(21-8-4-3-5-9-21)28-30(33(29)23-16-18-24(36-2)19-17-23)32(35)26-11-7-6-10-25(26)31(28)34/h3-19H,1-2H3. The Morgan fingerprint density at radius 2 is 1.19 bits per heavy atom. The van der Waals surface area contributed by atoms with Crippen LogP contribution in [0, 0.1) is 6.92 Å². The molecule has 0 atom stereocenters. The number of aromatic nitrogens is 1. The van der Waals surface area contributed by atoms with Gasteiger partial charge in [0, 0.05) is 22.4 Å². The average Bonchev–Trinajstić information content (AvgIpc) is 3.29. The van der Waals surface area contributed by atoms with Gasteiger partial charge in [-0.05, 0) is 42.3 Å². The Balaban J connectivity index is 1.78. The number of ketones is 2. The molecule has 0 bridgehead atoms. The van der Waals surface area contributed by atoms with E-state index in [0.717, 1.165) is 33.6 Å². The molecule has 6 rings (SSSR count). The van der Waals surface area contributed by atoms with Crippen LogP contribution >= 0.6 is 0 Å². The zero-order chi connectivity index (χ0) is 24.8. The van der Waals surface area contributed by atoms with Crippen LogP contribution in [0.25, 0.3) is 28.1 Å². The lowest BCUT2D eigenvalue weighted by Crippen LogP contribution is -2.22. The van der Waals surface area contributed by atoms with Gasteiger partial charge in [0.2, 0.25) is 5.78 Å². The Kier molecular flexibility index (Phi) is 5.15. The number of carbonyl (C=O) groups excluding carboxylic acids is 2. The second-order valence-corrected chi connectivity index (χ2v) is 8.92. The molecule has 4 aromatic carbocycles. The van der Waals surface area contributed by atoms with Gasteiger partial charge in [0.25, 0.3) is 0 Å². The molecule has 1 aliphatic rings. The van der Waals surface area contributed by atoms with E-state index in [1.807, 2.05) is 90.4 Å². The van der Waals surface area contributed by atoms with Crippen LogP contribution in [0.4, 0.5) is 0 Å². The minimum Gasteiger partial charge on any atom is -0.497 e. The lowest BCUT2D eigenvalue weighted by molar-refractivity contribution is 0.0975. The molecule has 0 aliphatic heterocycles. The van der Waals surface area contributed by atoms with Crippen molar-refractivity contribution in [1.29, 1.82) is 0 Å². The van der Waals surface area contributed by atoms with Crippen molar-refractivity contribution in [3.8, 4) is 33.8 Å². The van der Waals surface area contributed by atoms with E-state index in [2.05, 4.69) is 0 Å². The molecule has 5 aromatic rings. The Labute approximate surface area is 209 Å².